The van der Waals surface area contributed by atoms with E-state index >= 15 is 0 Å². The summed E-state index contributed by atoms with van der Waals surface area (Å²) in [5.41, 5.74) is 6.55. The number of H-pyrrole nitrogens is 1. The highest BCUT2D eigenvalue weighted by Crippen LogP contribution is 2.09. The third-order valence-corrected chi connectivity index (χ3v) is 2.81. The summed E-state index contributed by atoms with van der Waals surface area (Å²) in [6, 6.07) is 3.89. The topological polar surface area (TPSA) is 62.1 Å². The van der Waals surface area contributed by atoms with E-state index in [2.05, 4.69) is 9.88 Å². The average Bonchev–Trinajstić information content (AvgIpc) is 2.70. The number of aromatic amines is 1. The monoisotopic (exact) mass is 207 g/mol. The average molecular weight is 207 g/mol. The minimum Gasteiger partial charge on any atom is -0.359 e. The lowest BCUT2D eigenvalue weighted by Crippen LogP contribution is -2.44. The summed E-state index contributed by atoms with van der Waals surface area (Å²) >= 11 is 0. The van der Waals surface area contributed by atoms with Crippen LogP contribution < -0.4 is 5.73 Å². The van der Waals surface area contributed by atoms with Crippen molar-refractivity contribution in [2.24, 2.45) is 5.73 Å². The Morgan fingerprint density at radius 1 is 1.67 bits per heavy atom. The first kappa shape index (κ1) is 10.4. The summed E-state index contributed by atoms with van der Waals surface area (Å²) in [4.78, 5) is 16.8. The highest BCUT2D eigenvalue weighted by atomic mass is 16.1. The van der Waals surface area contributed by atoms with Gasteiger partial charge in [0.15, 0.2) is 5.78 Å². The molecule has 0 amide bonds. The molecule has 0 bridgehead atoms. The van der Waals surface area contributed by atoms with Crippen molar-refractivity contribution in [3.63, 3.8) is 0 Å². The number of piperidine rings is 1. The predicted octanol–water partition coefficient (Wildman–Crippen LogP) is 0.620. The van der Waals surface area contributed by atoms with E-state index in [-0.39, 0.29) is 11.8 Å². The van der Waals surface area contributed by atoms with Gasteiger partial charge in [0.2, 0.25) is 0 Å². The summed E-state index contributed by atoms with van der Waals surface area (Å²) in [6.07, 6.45) is 3.95. The van der Waals surface area contributed by atoms with Crippen LogP contribution in [0.15, 0.2) is 18.3 Å². The lowest BCUT2D eigenvalue weighted by atomic mass is 10.1. The minimum absolute atomic E-state index is 0.147. The summed E-state index contributed by atoms with van der Waals surface area (Å²) in [6.45, 7) is 2.31. The quantitative estimate of drug-likeness (QED) is 0.714. The number of ketones is 1. The number of Topliss-reactive ketones (excluding diaryl/α,β-unsaturated/α-hetero) is 1. The molecule has 4 heteroatoms. The lowest BCUT2D eigenvalue weighted by Gasteiger charge is -2.29. The van der Waals surface area contributed by atoms with Crippen LogP contribution in [0.25, 0.3) is 0 Å². The number of rotatable bonds is 3. The molecule has 2 rings (SSSR count). The molecule has 1 aromatic rings. The van der Waals surface area contributed by atoms with Gasteiger partial charge in [-0.15, -0.1) is 0 Å². The molecule has 0 unspecified atom stereocenters. The molecule has 1 aromatic heterocycles. The number of nitrogens with zero attached hydrogens (tertiary/aromatic N) is 1. The molecule has 0 spiro atoms. The second-order valence-electron chi connectivity index (χ2n) is 4.14. The molecule has 1 aliphatic rings. The fourth-order valence-corrected chi connectivity index (χ4v) is 2.03. The summed E-state index contributed by atoms with van der Waals surface area (Å²) in [5, 5.41) is 0. The highest BCUT2D eigenvalue weighted by Gasteiger charge is 2.19. The van der Waals surface area contributed by atoms with Gasteiger partial charge in [0, 0.05) is 18.8 Å². The largest absolute Gasteiger partial charge is 0.359 e. The van der Waals surface area contributed by atoms with Gasteiger partial charge in [-0.05, 0) is 31.5 Å². The molecule has 2 heterocycles. The molecule has 1 atom stereocenters. The maximum absolute atomic E-state index is 11.8. The number of hydrogen-bond donors (Lipinski definition) is 2. The Balaban J connectivity index is 1.89. The Hall–Kier alpha value is -1.13. The smallest absolute Gasteiger partial charge is 0.192 e. The van der Waals surface area contributed by atoms with Crippen molar-refractivity contribution in [1.29, 1.82) is 0 Å². The van der Waals surface area contributed by atoms with Gasteiger partial charge in [-0.2, -0.15) is 0 Å². The number of carbonyl (C=O) groups excluding carboxylic acids is 1. The van der Waals surface area contributed by atoms with Crippen molar-refractivity contribution in [1.82, 2.24) is 9.88 Å². The molecule has 0 aliphatic carbocycles. The predicted molar refractivity (Wildman–Crippen MR) is 58.8 cm³/mol. The number of carbonyl (C=O) groups is 1. The Morgan fingerprint density at radius 2 is 2.53 bits per heavy atom. The third kappa shape index (κ3) is 2.67. The van der Waals surface area contributed by atoms with Gasteiger partial charge < -0.3 is 10.7 Å². The fourth-order valence-electron chi connectivity index (χ4n) is 2.03. The Labute approximate surface area is 89.5 Å². The molecule has 1 aliphatic heterocycles. The van der Waals surface area contributed by atoms with E-state index in [4.69, 9.17) is 5.73 Å². The van der Waals surface area contributed by atoms with Crippen molar-refractivity contribution < 1.29 is 4.79 Å². The Bertz CT molecular complexity index is 321. The first-order valence-corrected chi connectivity index (χ1v) is 5.40. The minimum atomic E-state index is 0.147. The fraction of sp³-hybridized carbons (Fsp3) is 0.545. The molecular weight excluding hydrogens is 190 g/mol. The molecule has 0 saturated carbocycles. The van der Waals surface area contributed by atoms with E-state index < -0.39 is 0 Å². The molecule has 3 N–H and O–H groups in total. The van der Waals surface area contributed by atoms with Gasteiger partial charge in [-0.1, -0.05) is 0 Å². The summed E-state index contributed by atoms with van der Waals surface area (Å²) in [7, 11) is 0. The zero-order chi connectivity index (χ0) is 10.7. The second kappa shape index (κ2) is 4.59. The molecule has 1 fully saturated rings. The summed E-state index contributed by atoms with van der Waals surface area (Å²) in [5.74, 6) is 0.147. The van der Waals surface area contributed by atoms with Crippen LogP contribution in [0.2, 0.25) is 0 Å². The van der Waals surface area contributed by atoms with Crippen molar-refractivity contribution in [2.45, 2.75) is 18.9 Å². The Morgan fingerprint density at radius 3 is 3.20 bits per heavy atom. The lowest BCUT2D eigenvalue weighted by molar-refractivity contribution is 0.0904. The summed E-state index contributed by atoms with van der Waals surface area (Å²) < 4.78 is 0. The standard InChI is InChI=1S/C11H17N3O/c12-9-3-2-6-14(7-9)8-11(15)10-4-1-5-13-10/h1,4-5,9,13H,2-3,6-8,12H2/t9-/m1/s1. The van der Waals surface area contributed by atoms with E-state index in [1.807, 2.05) is 12.1 Å². The maximum atomic E-state index is 11.8. The van der Waals surface area contributed by atoms with Crippen LogP contribution in [0.1, 0.15) is 23.3 Å². The van der Waals surface area contributed by atoms with E-state index in [9.17, 15) is 4.79 Å². The van der Waals surface area contributed by atoms with Crippen LogP contribution >= 0.6 is 0 Å². The zero-order valence-corrected chi connectivity index (χ0v) is 8.78. The van der Waals surface area contributed by atoms with Gasteiger partial charge >= 0.3 is 0 Å². The van der Waals surface area contributed by atoms with Crippen LogP contribution in [-0.2, 0) is 0 Å². The van der Waals surface area contributed by atoms with Crippen molar-refractivity contribution in [3.05, 3.63) is 24.0 Å². The van der Waals surface area contributed by atoms with Gasteiger partial charge in [0.25, 0.3) is 0 Å². The van der Waals surface area contributed by atoms with Crippen LogP contribution in [0.5, 0.6) is 0 Å². The van der Waals surface area contributed by atoms with Crippen molar-refractivity contribution in [2.75, 3.05) is 19.6 Å². The number of hydrogen-bond acceptors (Lipinski definition) is 3. The van der Waals surface area contributed by atoms with Crippen molar-refractivity contribution in [3.8, 4) is 0 Å². The number of likely N-dealkylation sites (tertiary alicyclic amines) is 1. The molecule has 0 aromatic carbocycles. The molecule has 0 radical (unpaired) electrons. The van der Waals surface area contributed by atoms with E-state index in [1.165, 1.54) is 0 Å². The van der Waals surface area contributed by atoms with Crippen LogP contribution in [0.4, 0.5) is 0 Å². The second-order valence-corrected chi connectivity index (χ2v) is 4.14. The van der Waals surface area contributed by atoms with Gasteiger partial charge in [0.1, 0.15) is 0 Å². The molecule has 1 saturated heterocycles. The first-order valence-electron chi connectivity index (χ1n) is 5.40. The number of nitrogens with two attached hydrogens (primary N) is 1. The van der Waals surface area contributed by atoms with E-state index in [0.717, 1.165) is 25.9 Å². The molecule has 15 heavy (non-hydrogen) atoms. The SMILES string of the molecule is N[C@@H]1CCCN(CC(=O)c2ccc[nH]2)C1. The molecule has 4 nitrogen and oxygen atoms in total. The van der Waals surface area contributed by atoms with Gasteiger partial charge in [-0.3, -0.25) is 9.69 Å². The van der Waals surface area contributed by atoms with Crippen LogP contribution in [-0.4, -0.2) is 41.3 Å². The Kier molecular flexibility index (Phi) is 3.18. The van der Waals surface area contributed by atoms with E-state index in [0.29, 0.717) is 12.2 Å². The molecular formula is C11H17N3O. The zero-order valence-electron chi connectivity index (χ0n) is 8.78. The van der Waals surface area contributed by atoms with Gasteiger partial charge in [0.05, 0.1) is 12.2 Å². The first-order chi connectivity index (χ1) is 7.25. The normalized spacial score (nSPS) is 22.9. The highest BCUT2D eigenvalue weighted by molar-refractivity contribution is 5.95. The van der Waals surface area contributed by atoms with Crippen LogP contribution in [0, 0.1) is 0 Å². The van der Waals surface area contributed by atoms with Gasteiger partial charge in [-0.25, -0.2) is 0 Å². The van der Waals surface area contributed by atoms with Crippen molar-refractivity contribution >= 4 is 5.78 Å². The van der Waals surface area contributed by atoms with E-state index in [1.54, 1.807) is 6.20 Å². The molecule has 82 valence electrons. The third-order valence-electron chi connectivity index (χ3n) is 2.81. The number of nitrogens with one attached hydrogen (secondary N) is 1. The number of aromatic nitrogens is 1. The van der Waals surface area contributed by atoms with Crippen LogP contribution in [0.3, 0.4) is 0 Å². The maximum Gasteiger partial charge on any atom is 0.192 e.